The van der Waals surface area contributed by atoms with E-state index < -0.39 is 6.29 Å². The van der Waals surface area contributed by atoms with Crippen molar-refractivity contribution in [1.82, 2.24) is 9.88 Å². The summed E-state index contributed by atoms with van der Waals surface area (Å²) in [6.07, 6.45) is 2.63. The first-order chi connectivity index (χ1) is 11.2. The van der Waals surface area contributed by atoms with Crippen molar-refractivity contribution in [1.29, 1.82) is 0 Å². The number of benzene rings is 1. The molecule has 4 heterocycles. The van der Waals surface area contributed by atoms with Gasteiger partial charge in [-0.1, -0.05) is 18.2 Å². The first-order valence-corrected chi connectivity index (χ1v) is 8.88. The van der Waals surface area contributed by atoms with Crippen LogP contribution in [0.2, 0.25) is 0 Å². The molecule has 3 aliphatic rings. The third kappa shape index (κ3) is 2.09. The highest BCUT2D eigenvalue weighted by atomic mass is 16.6. The monoisotopic (exact) mass is 312 g/mol. The molecule has 0 radical (unpaired) electrons. The second-order valence-electron chi connectivity index (χ2n) is 7.51. The summed E-state index contributed by atoms with van der Waals surface area (Å²) in [5.74, 6) is 1.12. The van der Waals surface area contributed by atoms with Gasteiger partial charge in [0.05, 0.1) is 12.1 Å². The Morgan fingerprint density at radius 1 is 1.26 bits per heavy atom. The van der Waals surface area contributed by atoms with Crippen molar-refractivity contribution in [2.24, 2.45) is 11.8 Å². The third-order valence-electron chi connectivity index (χ3n) is 6.33. The molecule has 122 valence electrons. The van der Waals surface area contributed by atoms with Crippen molar-refractivity contribution in [3.63, 3.8) is 0 Å². The summed E-state index contributed by atoms with van der Waals surface area (Å²) in [6.45, 7) is 4.36. The lowest BCUT2D eigenvalue weighted by molar-refractivity contribution is -0.209. The molecule has 0 unspecified atom stereocenters. The summed E-state index contributed by atoms with van der Waals surface area (Å²) in [6, 6.07) is 9.15. The highest BCUT2D eigenvalue weighted by molar-refractivity contribution is 5.85. The van der Waals surface area contributed by atoms with E-state index in [1.807, 2.05) is 0 Å². The molecule has 5 rings (SSSR count). The van der Waals surface area contributed by atoms with Crippen molar-refractivity contribution in [2.75, 3.05) is 13.1 Å². The van der Waals surface area contributed by atoms with Crippen LogP contribution in [0.4, 0.5) is 0 Å². The summed E-state index contributed by atoms with van der Waals surface area (Å²) in [5, 5.41) is 11.4. The highest BCUT2D eigenvalue weighted by Gasteiger charge is 2.45. The van der Waals surface area contributed by atoms with Crippen LogP contribution in [0.3, 0.4) is 0 Å². The average Bonchev–Trinajstić information content (AvgIpc) is 2.92. The van der Waals surface area contributed by atoms with E-state index in [0.29, 0.717) is 17.9 Å². The van der Waals surface area contributed by atoms with Crippen LogP contribution in [-0.4, -0.2) is 40.5 Å². The minimum Gasteiger partial charge on any atom is -0.368 e. The number of aromatic amines is 1. The number of aliphatic hydroxyl groups excluding tert-OH is 1. The molecular weight excluding hydrogens is 288 g/mol. The molecule has 0 aliphatic carbocycles. The Balaban J connectivity index is 1.53. The summed E-state index contributed by atoms with van der Waals surface area (Å²) in [7, 11) is 0. The van der Waals surface area contributed by atoms with E-state index in [1.54, 1.807) is 0 Å². The number of rotatable bonds is 0. The normalized spacial score (nSPS) is 37.2. The quantitative estimate of drug-likeness (QED) is 0.786. The van der Waals surface area contributed by atoms with Gasteiger partial charge in [0, 0.05) is 42.0 Å². The molecule has 0 bridgehead atoms. The number of piperidine rings is 1. The predicted octanol–water partition coefficient (Wildman–Crippen LogP) is 2.83. The van der Waals surface area contributed by atoms with E-state index in [1.165, 1.54) is 22.2 Å². The zero-order chi connectivity index (χ0) is 15.6. The molecule has 5 atom stereocenters. The summed E-state index contributed by atoms with van der Waals surface area (Å²) < 4.78 is 5.67. The zero-order valence-electron chi connectivity index (χ0n) is 13.5. The number of hydrogen-bond acceptors (Lipinski definition) is 3. The van der Waals surface area contributed by atoms with Gasteiger partial charge in [0.1, 0.15) is 0 Å². The Hall–Kier alpha value is -1.36. The van der Waals surface area contributed by atoms with Crippen LogP contribution in [0.15, 0.2) is 24.3 Å². The van der Waals surface area contributed by atoms with Crippen molar-refractivity contribution in [2.45, 2.75) is 44.6 Å². The number of ether oxygens (including phenoxy) is 1. The Morgan fingerprint density at radius 2 is 2.13 bits per heavy atom. The lowest BCUT2D eigenvalue weighted by atomic mass is 9.73. The van der Waals surface area contributed by atoms with Gasteiger partial charge in [0.2, 0.25) is 0 Å². The molecular formula is C19H24N2O2. The van der Waals surface area contributed by atoms with Gasteiger partial charge >= 0.3 is 0 Å². The van der Waals surface area contributed by atoms with Gasteiger partial charge in [-0.15, -0.1) is 0 Å². The number of para-hydroxylation sites is 1. The van der Waals surface area contributed by atoms with E-state index in [0.717, 1.165) is 32.4 Å². The minimum atomic E-state index is -0.580. The van der Waals surface area contributed by atoms with E-state index in [2.05, 4.69) is 41.1 Å². The molecule has 1 aromatic carbocycles. The number of fused-ring (bicyclic) bond motifs is 6. The maximum Gasteiger partial charge on any atom is 0.155 e. The van der Waals surface area contributed by atoms with Crippen molar-refractivity contribution in [3.8, 4) is 0 Å². The lowest BCUT2D eigenvalue weighted by Gasteiger charge is -2.50. The Morgan fingerprint density at radius 3 is 3.04 bits per heavy atom. The van der Waals surface area contributed by atoms with Crippen molar-refractivity contribution < 1.29 is 9.84 Å². The number of nitrogens with zero attached hydrogens (tertiary/aromatic N) is 1. The average molecular weight is 312 g/mol. The van der Waals surface area contributed by atoms with E-state index in [9.17, 15) is 5.11 Å². The maximum absolute atomic E-state index is 9.98. The van der Waals surface area contributed by atoms with Gasteiger partial charge in [-0.25, -0.2) is 0 Å². The highest BCUT2D eigenvalue weighted by Crippen LogP contribution is 2.46. The Kier molecular flexibility index (Phi) is 3.09. The van der Waals surface area contributed by atoms with Crippen LogP contribution in [-0.2, 0) is 11.2 Å². The topological polar surface area (TPSA) is 48.5 Å². The minimum absolute atomic E-state index is 0.161. The van der Waals surface area contributed by atoms with E-state index >= 15 is 0 Å². The van der Waals surface area contributed by atoms with Gasteiger partial charge in [-0.3, -0.25) is 4.90 Å². The largest absolute Gasteiger partial charge is 0.368 e. The fraction of sp³-hybridized carbons (Fsp3) is 0.579. The second-order valence-corrected chi connectivity index (χ2v) is 7.51. The molecule has 2 aromatic rings. The molecule has 3 aliphatic heterocycles. The van der Waals surface area contributed by atoms with Gasteiger partial charge in [-0.2, -0.15) is 0 Å². The first kappa shape index (κ1) is 14.0. The third-order valence-corrected chi connectivity index (χ3v) is 6.33. The first-order valence-electron chi connectivity index (χ1n) is 8.88. The molecule has 2 fully saturated rings. The second kappa shape index (κ2) is 5.07. The number of aliphatic hydroxyl groups is 1. The van der Waals surface area contributed by atoms with Crippen LogP contribution in [0.5, 0.6) is 0 Å². The molecule has 0 amide bonds. The standard InChI is InChI=1S/C19H24N2O2/c1-11-15-10-21-7-6-14-13-4-2-3-5-16(13)20-19(14)17(21)8-12(15)9-18(22)23-11/h2-5,11-12,15,17-18,20,22H,6-10H2,1H3/t11-,12+,15+,17-,18+/m0/s1. The predicted molar refractivity (Wildman–Crippen MR) is 89.1 cm³/mol. The summed E-state index contributed by atoms with van der Waals surface area (Å²) >= 11 is 0. The fourth-order valence-electron chi connectivity index (χ4n) is 5.20. The van der Waals surface area contributed by atoms with Crippen molar-refractivity contribution >= 4 is 10.9 Å². The number of H-pyrrole nitrogens is 1. The fourth-order valence-corrected chi connectivity index (χ4v) is 5.20. The van der Waals surface area contributed by atoms with E-state index in [-0.39, 0.29) is 6.10 Å². The Bertz CT molecular complexity index is 740. The van der Waals surface area contributed by atoms with Crippen LogP contribution in [0, 0.1) is 11.8 Å². The van der Waals surface area contributed by atoms with Crippen LogP contribution in [0.25, 0.3) is 10.9 Å². The molecule has 0 saturated carbocycles. The number of nitrogens with one attached hydrogen (secondary N) is 1. The van der Waals surface area contributed by atoms with Crippen LogP contribution >= 0.6 is 0 Å². The lowest BCUT2D eigenvalue weighted by Crippen LogP contribution is -2.52. The molecule has 4 heteroatoms. The summed E-state index contributed by atoms with van der Waals surface area (Å²) in [4.78, 5) is 6.33. The van der Waals surface area contributed by atoms with Crippen molar-refractivity contribution in [3.05, 3.63) is 35.5 Å². The summed E-state index contributed by atoms with van der Waals surface area (Å²) in [5.41, 5.74) is 4.20. The van der Waals surface area contributed by atoms with Gasteiger partial charge in [0.25, 0.3) is 0 Å². The molecule has 4 nitrogen and oxygen atoms in total. The molecule has 2 saturated heterocycles. The molecule has 23 heavy (non-hydrogen) atoms. The SMILES string of the molecule is C[C@@H]1O[C@@H](O)C[C@H]2C[C@H]3c4[nH]c5ccccc5c4CCN3C[C@@H]21. The smallest absolute Gasteiger partial charge is 0.155 e. The zero-order valence-corrected chi connectivity index (χ0v) is 13.5. The van der Waals surface area contributed by atoms with Crippen LogP contribution < -0.4 is 0 Å². The number of aromatic nitrogens is 1. The Labute approximate surface area is 136 Å². The maximum atomic E-state index is 9.98. The number of hydrogen-bond donors (Lipinski definition) is 2. The van der Waals surface area contributed by atoms with Crippen LogP contribution in [0.1, 0.15) is 37.1 Å². The van der Waals surface area contributed by atoms with Gasteiger partial charge in [-0.05, 0) is 37.3 Å². The van der Waals surface area contributed by atoms with E-state index in [4.69, 9.17) is 4.74 Å². The molecule has 1 aromatic heterocycles. The van der Waals surface area contributed by atoms with Gasteiger partial charge < -0.3 is 14.8 Å². The van der Waals surface area contributed by atoms with Gasteiger partial charge in [0.15, 0.2) is 6.29 Å². The molecule has 0 spiro atoms. The molecule has 2 N–H and O–H groups in total.